The molecule has 120 valence electrons. The Labute approximate surface area is 146 Å². The molecule has 0 aliphatic heterocycles. The fourth-order valence-corrected chi connectivity index (χ4v) is 2.46. The van der Waals surface area contributed by atoms with Crippen LogP contribution < -0.4 is 5.56 Å². The number of esters is 1. The number of fused-ring (bicyclic) bond motifs is 1. The Morgan fingerprint density at radius 1 is 1.21 bits per heavy atom. The van der Waals surface area contributed by atoms with Crippen molar-refractivity contribution in [3.8, 4) is 0 Å². The van der Waals surface area contributed by atoms with Crippen molar-refractivity contribution in [2.45, 2.75) is 6.61 Å². The van der Waals surface area contributed by atoms with Crippen molar-refractivity contribution in [2.75, 3.05) is 0 Å². The summed E-state index contributed by atoms with van der Waals surface area (Å²) in [6.07, 6.45) is 4.66. The van der Waals surface area contributed by atoms with Crippen LogP contribution >= 0.6 is 15.9 Å². The molecule has 2 heterocycles. The van der Waals surface area contributed by atoms with E-state index >= 15 is 0 Å². The van der Waals surface area contributed by atoms with E-state index in [4.69, 9.17) is 4.74 Å². The third kappa shape index (κ3) is 3.97. The third-order valence-corrected chi connectivity index (χ3v) is 3.72. The van der Waals surface area contributed by atoms with E-state index in [0.717, 1.165) is 10.0 Å². The summed E-state index contributed by atoms with van der Waals surface area (Å²) in [5.41, 5.74) is 1.58. The van der Waals surface area contributed by atoms with Crippen LogP contribution in [0, 0.1) is 0 Å². The molecule has 0 fully saturated rings. The van der Waals surface area contributed by atoms with Gasteiger partial charge >= 0.3 is 5.97 Å². The monoisotopic (exact) mass is 384 g/mol. The number of hydrogen-bond acceptors (Lipinski definition) is 4. The number of carbonyl (C=O) groups excluding carboxylic acids is 1. The minimum absolute atomic E-state index is 0.0558. The summed E-state index contributed by atoms with van der Waals surface area (Å²) in [7, 11) is 0. The highest BCUT2D eigenvalue weighted by Crippen LogP contribution is 2.10. The highest BCUT2D eigenvalue weighted by molar-refractivity contribution is 9.10. The molecule has 0 bridgehead atoms. The number of pyridine rings is 1. The highest BCUT2D eigenvalue weighted by Gasteiger charge is 2.05. The summed E-state index contributed by atoms with van der Waals surface area (Å²) in [5, 5.41) is 0. The number of aromatic nitrogens is 2. The molecular formula is C18H13BrN2O3. The number of carbonyl (C=O) groups is 1. The number of benzene rings is 1. The maximum atomic E-state index is 12.1. The molecule has 24 heavy (non-hydrogen) atoms. The average molecular weight is 385 g/mol. The zero-order valence-electron chi connectivity index (χ0n) is 12.6. The molecule has 3 rings (SSSR count). The molecule has 0 amide bonds. The number of halogens is 1. The van der Waals surface area contributed by atoms with Crippen LogP contribution in [-0.2, 0) is 16.1 Å². The van der Waals surface area contributed by atoms with Gasteiger partial charge in [-0.2, -0.15) is 0 Å². The smallest absolute Gasteiger partial charge is 0.331 e. The summed E-state index contributed by atoms with van der Waals surface area (Å²) in [5.74, 6) is -0.489. The van der Waals surface area contributed by atoms with Crippen LogP contribution in [0.25, 0.3) is 11.7 Å². The van der Waals surface area contributed by atoms with E-state index in [9.17, 15) is 9.59 Å². The lowest BCUT2D eigenvalue weighted by Gasteiger charge is -2.05. The van der Waals surface area contributed by atoms with Gasteiger partial charge in [0.2, 0.25) is 0 Å². The number of ether oxygens (including phenoxy) is 1. The van der Waals surface area contributed by atoms with Crippen molar-refractivity contribution < 1.29 is 9.53 Å². The standard InChI is InChI=1S/C18H13BrN2O3/c19-14-7-8-16-20-15(10-17(22)21(16)11-14)12-24-18(23)9-6-13-4-2-1-3-5-13/h1-11H,12H2/b9-6+. The second-order valence-corrected chi connectivity index (χ2v) is 5.93. The second kappa shape index (κ2) is 7.23. The minimum Gasteiger partial charge on any atom is -0.456 e. The third-order valence-electron chi connectivity index (χ3n) is 3.25. The van der Waals surface area contributed by atoms with Gasteiger partial charge in [0, 0.05) is 22.8 Å². The van der Waals surface area contributed by atoms with Gasteiger partial charge in [-0.1, -0.05) is 30.3 Å². The second-order valence-electron chi connectivity index (χ2n) is 5.01. The molecule has 0 aliphatic rings. The molecule has 6 heteroatoms. The molecule has 1 aromatic carbocycles. The Hall–Kier alpha value is -2.73. The highest BCUT2D eigenvalue weighted by atomic mass is 79.9. The molecule has 0 spiro atoms. The van der Waals surface area contributed by atoms with Gasteiger partial charge in [-0.3, -0.25) is 9.20 Å². The van der Waals surface area contributed by atoms with E-state index in [2.05, 4.69) is 20.9 Å². The van der Waals surface area contributed by atoms with Crippen LogP contribution in [0.1, 0.15) is 11.3 Å². The molecule has 0 aliphatic carbocycles. The predicted octanol–water partition coefficient (Wildman–Crippen LogP) is 3.21. The summed E-state index contributed by atoms with van der Waals surface area (Å²) >= 11 is 3.31. The summed E-state index contributed by atoms with van der Waals surface area (Å²) < 4.78 is 7.33. The van der Waals surface area contributed by atoms with Crippen LogP contribution in [0.3, 0.4) is 0 Å². The Morgan fingerprint density at radius 3 is 2.79 bits per heavy atom. The minimum atomic E-state index is -0.489. The largest absolute Gasteiger partial charge is 0.456 e. The van der Waals surface area contributed by atoms with Gasteiger partial charge in [-0.05, 0) is 39.7 Å². The first kappa shape index (κ1) is 16.1. The van der Waals surface area contributed by atoms with Gasteiger partial charge in [0.25, 0.3) is 5.56 Å². The van der Waals surface area contributed by atoms with E-state index in [1.54, 1.807) is 24.4 Å². The number of hydrogen-bond donors (Lipinski definition) is 0. The maximum absolute atomic E-state index is 12.1. The van der Waals surface area contributed by atoms with Crippen molar-refractivity contribution in [3.63, 3.8) is 0 Å². The van der Waals surface area contributed by atoms with Gasteiger partial charge in [0.05, 0.1) is 5.69 Å². The lowest BCUT2D eigenvalue weighted by molar-refractivity contribution is -0.139. The SMILES string of the molecule is O=C(/C=C/c1ccccc1)OCc1cc(=O)n2cc(Br)ccc2n1. The van der Waals surface area contributed by atoms with Crippen molar-refractivity contribution >= 4 is 33.6 Å². The molecule has 0 unspecified atom stereocenters. The van der Waals surface area contributed by atoms with E-state index < -0.39 is 5.97 Å². The Morgan fingerprint density at radius 2 is 2.00 bits per heavy atom. The molecular weight excluding hydrogens is 372 g/mol. The number of nitrogens with zero attached hydrogens (tertiary/aromatic N) is 2. The topological polar surface area (TPSA) is 60.7 Å². The lowest BCUT2D eigenvalue weighted by Crippen LogP contribution is -2.16. The van der Waals surface area contributed by atoms with Crippen LogP contribution in [0.5, 0.6) is 0 Å². The quantitative estimate of drug-likeness (QED) is 0.511. The molecule has 0 saturated carbocycles. The molecule has 0 atom stereocenters. The van der Waals surface area contributed by atoms with Gasteiger partial charge in [-0.15, -0.1) is 0 Å². The zero-order chi connectivity index (χ0) is 16.9. The van der Waals surface area contributed by atoms with Gasteiger partial charge < -0.3 is 4.74 Å². The van der Waals surface area contributed by atoms with Crippen molar-refractivity contribution in [2.24, 2.45) is 0 Å². The Balaban J connectivity index is 1.69. The van der Waals surface area contributed by atoms with Crippen molar-refractivity contribution in [1.29, 1.82) is 0 Å². The average Bonchev–Trinajstić information content (AvgIpc) is 2.60. The molecule has 0 N–H and O–H groups in total. The van der Waals surface area contributed by atoms with E-state index in [1.165, 1.54) is 16.5 Å². The molecule has 2 aromatic heterocycles. The predicted molar refractivity (Wildman–Crippen MR) is 94.4 cm³/mol. The molecule has 0 saturated heterocycles. The summed E-state index contributed by atoms with van der Waals surface area (Å²) in [6.45, 7) is -0.0558. The fraction of sp³-hybridized carbons (Fsp3) is 0.0556. The Kier molecular flexibility index (Phi) is 4.86. The van der Waals surface area contributed by atoms with Crippen LogP contribution in [0.2, 0.25) is 0 Å². The summed E-state index contributed by atoms with van der Waals surface area (Å²) in [4.78, 5) is 28.1. The maximum Gasteiger partial charge on any atom is 0.331 e. The molecule has 5 nitrogen and oxygen atoms in total. The van der Waals surface area contributed by atoms with Gasteiger partial charge in [-0.25, -0.2) is 9.78 Å². The number of rotatable bonds is 4. The van der Waals surface area contributed by atoms with E-state index in [-0.39, 0.29) is 12.2 Å². The first-order chi connectivity index (χ1) is 11.6. The van der Waals surface area contributed by atoms with Gasteiger partial charge in [0.15, 0.2) is 0 Å². The first-order valence-electron chi connectivity index (χ1n) is 7.19. The van der Waals surface area contributed by atoms with Crippen LogP contribution in [0.4, 0.5) is 0 Å². The van der Waals surface area contributed by atoms with Crippen LogP contribution in [0.15, 0.2) is 70.1 Å². The Bertz CT molecular complexity index is 965. The van der Waals surface area contributed by atoms with E-state index in [0.29, 0.717) is 11.3 Å². The zero-order valence-corrected chi connectivity index (χ0v) is 14.1. The molecule has 3 aromatic rings. The normalized spacial score (nSPS) is 11.0. The first-order valence-corrected chi connectivity index (χ1v) is 7.99. The summed E-state index contributed by atoms with van der Waals surface area (Å²) in [6, 6.07) is 14.3. The van der Waals surface area contributed by atoms with Crippen LogP contribution in [-0.4, -0.2) is 15.4 Å². The van der Waals surface area contributed by atoms with Crippen molar-refractivity contribution in [1.82, 2.24) is 9.38 Å². The molecule has 0 radical (unpaired) electrons. The van der Waals surface area contributed by atoms with Crippen molar-refractivity contribution in [3.05, 3.63) is 86.9 Å². The fourth-order valence-electron chi connectivity index (χ4n) is 2.12. The lowest BCUT2D eigenvalue weighted by atomic mass is 10.2. The van der Waals surface area contributed by atoms with E-state index in [1.807, 2.05) is 30.3 Å². The van der Waals surface area contributed by atoms with Gasteiger partial charge in [0.1, 0.15) is 12.3 Å².